The highest BCUT2D eigenvalue weighted by Crippen LogP contribution is 2.24. The summed E-state index contributed by atoms with van der Waals surface area (Å²) in [6.07, 6.45) is 5.70. The van der Waals surface area contributed by atoms with Gasteiger partial charge in [-0.1, -0.05) is 32.3 Å². The summed E-state index contributed by atoms with van der Waals surface area (Å²) < 4.78 is 14.2. The van der Waals surface area contributed by atoms with E-state index >= 15 is 0 Å². The van der Waals surface area contributed by atoms with E-state index in [1.807, 2.05) is 0 Å². The molecular weight excluding hydrogens is 309 g/mol. The average Bonchev–Trinajstić information content (AvgIpc) is 2.58. The Balaban J connectivity index is 2.09. The first-order valence-corrected chi connectivity index (χ1v) is 7.63. The van der Waals surface area contributed by atoms with Crippen LogP contribution >= 0.6 is 15.9 Å². The van der Waals surface area contributed by atoms with Gasteiger partial charge in [0.15, 0.2) is 0 Å². The molecule has 0 bridgehead atoms. The van der Waals surface area contributed by atoms with Crippen LogP contribution in [0.25, 0.3) is 0 Å². The van der Waals surface area contributed by atoms with Gasteiger partial charge in [-0.2, -0.15) is 0 Å². The van der Waals surface area contributed by atoms with Gasteiger partial charge in [-0.15, -0.1) is 0 Å². The van der Waals surface area contributed by atoms with Crippen molar-refractivity contribution in [3.63, 3.8) is 0 Å². The van der Waals surface area contributed by atoms with Crippen LogP contribution in [-0.2, 0) is 0 Å². The summed E-state index contributed by atoms with van der Waals surface area (Å²) in [7, 11) is 0. The Morgan fingerprint density at radius 3 is 2.84 bits per heavy atom. The maximum Gasteiger partial charge on any atom is 0.254 e. The Bertz CT molecular complexity index is 463. The third kappa shape index (κ3) is 3.56. The molecule has 1 aromatic carbocycles. The minimum atomic E-state index is -0.485. The van der Waals surface area contributed by atoms with E-state index in [0.717, 1.165) is 19.3 Å². The standard InChI is InChI=1S/C15H19BrFNO/c1-10-6-3-2-4-9-13(10)18-15(19)11-7-5-8-12(16)14(11)17/h5,7-8,10,13H,2-4,6,9H2,1H3,(H,18,19). The average molecular weight is 328 g/mol. The Kier molecular flexibility index (Phi) is 4.97. The molecule has 19 heavy (non-hydrogen) atoms. The minimum absolute atomic E-state index is 0.117. The second kappa shape index (κ2) is 6.51. The number of carbonyl (C=O) groups is 1. The first-order chi connectivity index (χ1) is 9.09. The van der Waals surface area contributed by atoms with Crippen LogP contribution in [0.2, 0.25) is 0 Å². The second-order valence-electron chi connectivity index (χ2n) is 5.30. The van der Waals surface area contributed by atoms with E-state index in [9.17, 15) is 9.18 Å². The molecule has 2 rings (SSSR count). The second-order valence-corrected chi connectivity index (χ2v) is 6.15. The zero-order valence-corrected chi connectivity index (χ0v) is 12.7. The van der Waals surface area contributed by atoms with Crippen LogP contribution in [0.1, 0.15) is 49.4 Å². The van der Waals surface area contributed by atoms with Crippen molar-refractivity contribution >= 4 is 21.8 Å². The molecule has 1 N–H and O–H groups in total. The lowest BCUT2D eigenvalue weighted by Crippen LogP contribution is -2.39. The summed E-state index contributed by atoms with van der Waals surface area (Å²) in [6.45, 7) is 2.16. The minimum Gasteiger partial charge on any atom is -0.349 e. The van der Waals surface area contributed by atoms with Crippen LogP contribution < -0.4 is 5.32 Å². The Labute approximate surface area is 121 Å². The number of halogens is 2. The van der Waals surface area contributed by atoms with E-state index in [1.165, 1.54) is 18.9 Å². The molecule has 0 aromatic heterocycles. The van der Waals surface area contributed by atoms with Gasteiger partial charge in [0, 0.05) is 6.04 Å². The van der Waals surface area contributed by atoms with E-state index in [1.54, 1.807) is 12.1 Å². The molecule has 2 nitrogen and oxygen atoms in total. The highest BCUT2D eigenvalue weighted by atomic mass is 79.9. The molecule has 0 spiro atoms. The van der Waals surface area contributed by atoms with E-state index in [2.05, 4.69) is 28.2 Å². The fourth-order valence-corrected chi connectivity index (χ4v) is 3.00. The molecule has 1 aliphatic carbocycles. The van der Waals surface area contributed by atoms with Crippen molar-refractivity contribution < 1.29 is 9.18 Å². The van der Waals surface area contributed by atoms with Crippen molar-refractivity contribution in [1.29, 1.82) is 0 Å². The summed E-state index contributed by atoms with van der Waals surface area (Å²) >= 11 is 3.11. The summed E-state index contributed by atoms with van der Waals surface area (Å²) in [5.41, 5.74) is 0.117. The number of nitrogens with one attached hydrogen (secondary N) is 1. The van der Waals surface area contributed by atoms with Crippen LogP contribution in [0, 0.1) is 11.7 Å². The number of hydrogen-bond acceptors (Lipinski definition) is 1. The molecule has 1 saturated carbocycles. The third-order valence-electron chi connectivity index (χ3n) is 3.87. The lowest BCUT2D eigenvalue weighted by Gasteiger charge is -2.23. The first-order valence-electron chi connectivity index (χ1n) is 6.84. The zero-order valence-electron chi connectivity index (χ0n) is 11.1. The van der Waals surface area contributed by atoms with Crippen molar-refractivity contribution in [2.24, 2.45) is 5.92 Å². The molecule has 4 heteroatoms. The summed E-state index contributed by atoms with van der Waals surface area (Å²) in [6, 6.07) is 4.96. The van der Waals surface area contributed by atoms with Crippen LogP contribution in [0.5, 0.6) is 0 Å². The smallest absolute Gasteiger partial charge is 0.254 e. The molecule has 1 fully saturated rings. The van der Waals surface area contributed by atoms with Gasteiger partial charge in [-0.3, -0.25) is 4.79 Å². The van der Waals surface area contributed by atoms with Crippen molar-refractivity contribution in [3.8, 4) is 0 Å². The van der Waals surface area contributed by atoms with Gasteiger partial charge in [0.1, 0.15) is 5.82 Å². The van der Waals surface area contributed by atoms with Gasteiger partial charge in [-0.05, 0) is 46.8 Å². The Hall–Kier alpha value is -0.900. The Morgan fingerprint density at radius 1 is 1.32 bits per heavy atom. The first kappa shape index (κ1) is 14.5. The molecule has 1 aliphatic rings. The number of amides is 1. The number of carbonyl (C=O) groups excluding carboxylic acids is 1. The molecule has 1 amide bonds. The quantitative estimate of drug-likeness (QED) is 0.807. The van der Waals surface area contributed by atoms with Gasteiger partial charge in [-0.25, -0.2) is 4.39 Å². The molecule has 0 aliphatic heterocycles. The van der Waals surface area contributed by atoms with Crippen LogP contribution in [-0.4, -0.2) is 11.9 Å². The SMILES string of the molecule is CC1CCCCCC1NC(=O)c1cccc(Br)c1F. The van der Waals surface area contributed by atoms with Gasteiger partial charge in [0.25, 0.3) is 5.91 Å². The predicted molar refractivity (Wildman–Crippen MR) is 77.6 cm³/mol. The molecule has 0 radical (unpaired) electrons. The summed E-state index contributed by atoms with van der Waals surface area (Å²) in [5.74, 6) is -0.333. The lowest BCUT2D eigenvalue weighted by atomic mass is 9.96. The molecular formula is C15H19BrFNO. The summed E-state index contributed by atoms with van der Waals surface area (Å²) in [5, 5.41) is 2.99. The monoisotopic (exact) mass is 327 g/mol. The highest BCUT2D eigenvalue weighted by Gasteiger charge is 2.23. The molecule has 0 heterocycles. The predicted octanol–water partition coefficient (Wildman–Crippen LogP) is 4.29. The maximum atomic E-state index is 13.9. The van der Waals surface area contributed by atoms with Gasteiger partial charge < -0.3 is 5.32 Å². The molecule has 104 valence electrons. The highest BCUT2D eigenvalue weighted by molar-refractivity contribution is 9.10. The van der Waals surface area contributed by atoms with E-state index < -0.39 is 5.82 Å². The largest absolute Gasteiger partial charge is 0.349 e. The van der Waals surface area contributed by atoms with Gasteiger partial charge >= 0.3 is 0 Å². The molecule has 1 aromatic rings. The van der Waals surface area contributed by atoms with Crippen LogP contribution in [0.3, 0.4) is 0 Å². The van der Waals surface area contributed by atoms with Crippen molar-refractivity contribution in [2.45, 2.75) is 45.1 Å². The Morgan fingerprint density at radius 2 is 2.05 bits per heavy atom. The van der Waals surface area contributed by atoms with Crippen molar-refractivity contribution in [1.82, 2.24) is 5.32 Å². The van der Waals surface area contributed by atoms with Crippen LogP contribution in [0.15, 0.2) is 22.7 Å². The number of hydrogen-bond donors (Lipinski definition) is 1. The van der Waals surface area contributed by atoms with E-state index in [0.29, 0.717) is 10.4 Å². The van der Waals surface area contributed by atoms with E-state index in [-0.39, 0.29) is 17.5 Å². The fourth-order valence-electron chi connectivity index (χ4n) is 2.63. The van der Waals surface area contributed by atoms with Crippen molar-refractivity contribution in [3.05, 3.63) is 34.1 Å². The van der Waals surface area contributed by atoms with Gasteiger partial charge in [0.05, 0.1) is 10.0 Å². The number of rotatable bonds is 2. The summed E-state index contributed by atoms with van der Waals surface area (Å²) in [4.78, 5) is 12.2. The van der Waals surface area contributed by atoms with E-state index in [4.69, 9.17) is 0 Å². The zero-order chi connectivity index (χ0) is 13.8. The third-order valence-corrected chi connectivity index (χ3v) is 4.49. The van der Waals surface area contributed by atoms with Gasteiger partial charge in [0.2, 0.25) is 0 Å². The molecule has 0 saturated heterocycles. The normalized spacial score (nSPS) is 23.7. The topological polar surface area (TPSA) is 29.1 Å². The molecule has 2 unspecified atom stereocenters. The number of benzene rings is 1. The van der Waals surface area contributed by atoms with Crippen LogP contribution in [0.4, 0.5) is 4.39 Å². The van der Waals surface area contributed by atoms with Crippen molar-refractivity contribution in [2.75, 3.05) is 0 Å². The fraction of sp³-hybridized carbons (Fsp3) is 0.533. The lowest BCUT2D eigenvalue weighted by molar-refractivity contribution is 0.0917. The maximum absolute atomic E-state index is 13.9. The molecule has 2 atom stereocenters.